The van der Waals surface area contributed by atoms with E-state index < -0.39 is 0 Å². The number of anilines is 2. The average molecular weight is 525 g/mol. The third-order valence-corrected chi connectivity index (χ3v) is 9.33. The van der Waals surface area contributed by atoms with E-state index in [0.29, 0.717) is 0 Å². The van der Waals surface area contributed by atoms with Crippen LogP contribution >= 0.6 is 0 Å². The van der Waals surface area contributed by atoms with E-state index in [2.05, 4.69) is 151 Å². The topological polar surface area (TPSA) is 16.4 Å². The molecule has 1 N–H and O–H groups in total. The molecule has 2 aromatic heterocycles. The van der Waals surface area contributed by atoms with E-state index >= 15 is 0 Å². The highest BCUT2D eigenvalue weighted by Crippen LogP contribution is 2.51. The number of aromatic nitrogens is 1. The van der Waals surface area contributed by atoms with Crippen molar-refractivity contribution in [2.45, 2.75) is 19.3 Å². The van der Waals surface area contributed by atoms with E-state index in [0.717, 1.165) is 11.4 Å². The van der Waals surface area contributed by atoms with Crippen molar-refractivity contribution in [1.82, 2.24) is 4.40 Å². The van der Waals surface area contributed by atoms with E-state index in [9.17, 15) is 0 Å². The molecule has 9 rings (SSSR count). The molecule has 0 radical (unpaired) electrons. The zero-order valence-corrected chi connectivity index (χ0v) is 23.1. The molecule has 0 saturated carbocycles. The number of benzene rings is 6. The Bertz CT molecular complexity index is 2300. The highest BCUT2D eigenvalue weighted by molar-refractivity contribution is 6.23. The van der Waals surface area contributed by atoms with Crippen LogP contribution in [-0.2, 0) is 5.41 Å². The maximum atomic E-state index is 3.74. The van der Waals surface area contributed by atoms with E-state index in [4.69, 9.17) is 0 Å². The normalized spacial score (nSPS) is 13.8. The van der Waals surface area contributed by atoms with Gasteiger partial charge in [0.15, 0.2) is 0 Å². The number of nitrogens with zero attached hydrogens (tertiary/aromatic N) is 1. The molecule has 0 spiro atoms. The fraction of sp³-hybridized carbons (Fsp3) is 0.0769. The van der Waals surface area contributed by atoms with Gasteiger partial charge in [0.1, 0.15) is 0 Å². The van der Waals surface area contributed by atoms with Crippen molar-refractivity contribution >= 4 is 49.5 Å². The van der Waals surface area contributed by atoms with Gasteiger partial charge in [-0.3, -0.25) is 0 Å². The van der Waals surface area contributed by atoms with Gasteiger partial charge in [0.2, 0.25) is 0 Å². The molecule has 0 amide bonds. The zero-order valence-electron chi connectivity index (χ0n) is 23.1. The Morgan fingerprint density at radius 1 is 0.537 bits per heavy atom. The number of para-hydroxylation sites is 2. The van der Waals surface area contributed by atoms with Crippen LogP contribution in [0.3, 0.4) is 0 Å². The second-order valence-electron chi connectivity index (χ2n) is 11.9. The van der Waals surface area contributed by atoms with Crippen molar-refractivity contribution in [2.24, 2.45) is 0 Å². The highest BCUT2D eigenvalue weighted by atomic mass is 14.9. The first-order valence-electron chi connectivity index (χ1n) is 14.4. The number of hydrogen-bond acceptors (Lipinski definition) is 1. The van der Waals surface area contributed by atoms with Crippen LogP contribution in [0.4, 0.5) is 11.4 Å². The summed E-state index contributed by atoms with van der Waals surface area (Å²) in [6.07, 6.45) is 0. The minimum atomic E-state index is -0.00143. The molecule has 0 aliphatic heterocycles. The van der Waals surface area contributed by atoms with Gasteiger partial charge in [-0.2, -0.15) is 0 Å². The van der Waals surface area contributed by atoms with Gasteiger partial charge in [0.05, 0.1) is 16.6 Å². The molecular formula is C39H28N2. The summed E-state index contributed by atoms with van der Waals surface area (Å²) in [6.45, 7) is 4.65. The van der Waals surface area contributed by atoms with Crippen LogP contribution in [0.1, 0.15) is 25.0 Å². The molecule has 8 aromatic rings. The Labute approximate surface area is 238 Å². The van der Waals surface area contributed by atoms with Crippen molar-refractivity contribution in [3.8, 4) is 22.3 Å². The molecule has 0 fully saturated rings. The predicted molar refractivity (Wildman–Crippen MR) is 174 cm³/mol. The Kier molecular flexibility index (Phi) is 4.42. The summed E-state index contributed by atoms with van der Waals surface area (Å²) in [5.74, 6) is 0. The Balaban J connectivity index is 1.11. The molecule has 0 bridgehead atoms. The van der Waals surface area contributed by atoms with Gasteiger partial charge >= 0.3 is 0 Å². The molecule has 0 saturated heterocycles. The minimum absolute atomic E-state index is 0.00143. The van der Waals surface area contributed by atoms with Crippen LogP contribution in [0.5, 0.6) is 0 Å². The van der Waals surface area contributed by atoms with Gasteiger partial charge in [-0.05, 0) is 64.2 Å². The second kappa shape index (κ2) is 7.99. The fourth-order valence-electron chi connectivity index (χ4n) is 7.37. The van der Waals surface area contributed by atoms with Gasteiger partial charge in [0, 0.05) is 43.9 Å². The number of hydrogen-bond donors (Lipinski definition) is 1. The molecule has 2 heteroatoms. The molecule has 1 aliphatic carbocycles. The maximum Gasteiger partial charge on any atom is 0.0620 e. The number of nitrogens with one attached hydrogen (secondary N) is 1. The van der Waals surface area contributed by atoms with Crippen LogP contribution in [0.2, 0.25) is 0 Å². The second-order valence-corrected chi connectivity index (χ2v) is 11.9. The molecule has 2 heterocycles. The first-order chi connectivity index (χ1) is 20.1. The van der Waals surface area contributed by atoms with E-state index in [1.54, 1.807) is 0 Å². The summed E-state index contributed by atoms with van der Waals surface area (Å²) in [4.78, 5) is 0. The lowest BCUT2D eigenvalue weighted by atomic mass is 9.82. The van der Waals surface area contributed by atoms with Crippen LogP contribution in [0.25, 0.3) is 60.3 Å². The van der Waals surface area contributed by atoms with Crippen LogP contribution in [-0.4, -0.2) is 4.40 Å². The van der Waals surface area contributed by atoms with E-state index in [-0.39, 0.29) is 5.41 Å². The van der Waals surface area contributed by atoms with Gasteiger partial charge in [-0.25, -0.2) is 0 Å². The molecule has 6 aromatic carbocycles. The average Bonchev–Trinajstić information content (AvgIpc) is 3.61. The third-order valence-electron chi connectivity index (χ3n) is 9.33. The Morgan fingerprint density at radius 3 is 2.07 bits per heavy atom. The summed E-state index contributed by atoms with van der Waals surface area (Å²) >= 11 is 0. The van der Waals surface area contributed by atoms with E-state index in [1.807, 2.05) is 0 Å². The highest BCUT2D eigenvalue weighted by Gasteiger charge is 2.36. The van der Waals surface area contributed by atoms with Crippen molar-refractivity contribution in [2.75, 3.05) is 5.32 Å². The maximum absolute atomic E-state index is 3.74. The first-order valence-corrected chi connectivity index (χ1v) is 14.4. The fourth-order valence-corrected chi connectivity index (χ4v) is 7.37. The van der Waals surface area contributed by atoms with Crippen LogP contribution in [0, 0.1) is 0 Å². The molecule has 194 valence electrons. The monoisotopic (exact) mass is 524 g/mol. The lowest BCUT2D eigenvalue weighted by Gasteiger charge is -2.21. The minimum Gasteiger partial charge on any atom is -0.355 e. The summed E-state index contributed by atoms with van der Waals surface area (Å²) in [5, 5.41) is 9.00. The van der Waals surface area contributed by atoms with Gasteiger partial charge in [-0.1, -0.05) is 105 Å². The standard InChI is InChI=1S/C39H28N2/c1-39(2)32-13-5-3-10-30(32)37-33(39)14-8-15-34(37)40-26-20-17-24(18-21-26)25-19-22-36-31(23-25)29-12-7-11-28-27-9-4-6-16-35(27)41(36)38(28)29/h3-23,40H,1-2H3. The number of rotatable bonds is 3. The number of fused-ring (bicyclic) bond motifs is 9. The Morgan fingerprint density at radius 2 is 1.20 bits per heavy atom. The molecular weight excluding hydrogens is 496 g/mol. The van der Waals surface area contributed by atoms with Gasteiger partial charge in [-0.15, -0.1) is 0 Å². The lowest BCUT2D eigenvalue weighted by Crippen LogP contribution is -2.14. The summed E-state index contributed by atoms with van der Waals surface area (Å²) < 4.78 is 2.43. The Hall–Kier alpha value is -5.08. The SMILES string of the molecule is CC1(C)c2ccccc2-c2c(Nc3ccc(-c4ccc5c(c4)c4cccc6c7ccccc7n5c64)cc3)cccc21. The summed E-state index contributed by atoms with van der Waals surface area (Å²) in [7, 11) is 0. The molecule has 1 aliphatic rings. The lowest BCUT2D eigenvalue weighted by molar-refractivity contribution is 0.660. The molecule has 0 atom stereocenters. The smallest absolute Gasteiger partial charge is 0.0620 e. The van der Waals surface area contributed by atoms with Crippen molar-refractivity contribution < 1.29 is 0 Å². The van der Waals surface area contributed by atoms with E-state index in [1.165, 1.54) is 71.5 Å². The zero-order chi connectivity index (χ0) is 27.3. The molecule has 0 unspecified atom stereocenters. The van der Waals surface area contributed by atoms with Gasteiger partial charge in [0.25, 0.3) is 0 Å². The predicted octanol–water partition coefficient (Wildman–Crippen LogP) is 10.6. The van der Waals surface area contributed by atoms with Crippen molar-refractivity contribution in [3.63, 3.8) is 0 Å². The van der Waals surface area contributed by atoms with Crippen LogP contribution in [0.15, 0.2) is 127 Å². The van der Waals surface area contributed by atoms with Crippen LogP contribution < -0.4 is 5.32 Å². The van der Waals surface area contributed by atoms with Crippen molar-refractivity contribution in [1.29, 1.82) is 0 Å². The summed E-state index contributed by atoms with van der Waals surface area (Å²) in [5.41, 5.74) is 14.0. The molecule has 2 nitrogen and oxygen atoms in total. The third kappa shape index (κ3) is 3.02. The quantitative estimate of drug-likeness (QED) is 0.243. The van der Waals surface area contributed by atoms with Gasteiger partial charge < -0.3 is 9.72 Å². The molecule has 41 heavy (non-hydrogen) atoms. The first kappa shape index (κ1) is 22.7. The summed E-state index contributed by atoms with van der Waals surface area (Å²) in [6, 6.07) is 46.7. The van der Waals surface area contributed by atoms with Crippen molar-refractivity contribution in [3.05, 3.63) is 139 Å². The largest absolute Gasteiger partial charge is 0.355 e.